The maximum absolute atomic E-state index is 12.6. The van der Waals surface area contributed by atoms with Crippen LogP contribution in [0.5, 0.6) is 11.5 Å². The van der Waals surface area contributed by atoms with Crippen LogP contribution in [0.4, 0.5) is 0 Å². The van der Waals surface area contributed by atoms with Crippen LogP contribution in [0.2, 0.25) is 0 Å². The number of nitrogens with zero attached hydrogens (tertiary/aromatic N) is 2. The van der Waals surface area contributed by atoms with Gasteiger partial charge in [-0.05, 0) is 31.2 Å². The zero-order valence-electron chi connectivity index (χ0n) is 15.1. The molecule has 1 aromatic heterocycles. The lowest BCUT2D eigenvalue weighted by Gasteiger charge is -2.20. The summed E-state index contributed by atoms with van der Waals surface area (Å²) in [6.45, 7) is 1.62. The number of nitrogens with one attached hydrogen (secondary N) is 1. The number of aryl methyl sites for hydroxylation is 1. The molecule has 0 saturated carbocycles. The van der Waals surface area contributed by atoms with Crippen molar-refractivity contribution in [2.24, 2.45) is 0 Å². The van der Waals surface area contributed by atoms with Gasteiger partial charge in [0, 0.05) is 11.6 Å². The molecule has 0 aliphatic heterocycles. The van der Waals surface area contributed by atoms with Crippen molar-refractivity contribution in [1.82, 2.24) is 10.3 Å². The highest BCUT2D eigenvalue weighted by atomic mass is 16.5. The zero-order chi connectivity index (χ0) is 20.0. The first-order valence-corrected chi connectivity index (χ1v) is 8.02. The predicted molar refractivity (Wildman–Crippen MR) is 95.7 cm³/mol. The Morgan fingerprint density at radius 1 is 1.26 bits per heavy atom. The number of carboxylic acid groups (broad SMARTS) is 1. The highest BCUT2D eigenvalue weighted by Crippen LogP contribution is 2.31. The molecule has 0 aliphatic carbocycles. The second-order valence-corrected chi connectivity index (χ2v) is 5.67. The number of carbonyl (C=O) groups is 2. The van der Waals surface area contributed by atoms with E-state index in [9.17, 15) is 14.7 Å². The van der Waals surface area contributed by atoms with Gasteiger partial charge in [0.05, 0.1) is 37.9 Å². The molecule has 140 valence electrons. The van der Waals surface area contributed by atoms with Gasteiger partial charge in [0.25, 0.3) is 5.91 Å². The van der Waals surface area contributed by atoms with Gasteiger partial charge in [-0.25, -0.2) is 4.98 Å². The number of rotatable bonds is 7. The standard InChI is InChI=1S/C19H19N3O5/c1-11-12(10-20)4-7-15(21-11)19(25)22-16(9-18(23)24)14-6-5-13(26-2)8-17(14)27-3/h4-8,16H,9H2,1-3H3,(H,22,25)(H,23,24). The van der Waals surface area contributed by atoms with Crippen molar-refractivity contribution < 1.29 is 24.2 Å². The van der Waals surface area contributed by atoms with E-state index in [4.69, 9.17) is 14.7 Å². The Morgan fingerprint density at radius 2 is 2.00 bits per heavy atom. The first-order chi connectivity index (χ1) is 12.9. The Bertz CT molecular complexity index is 905. The smallest absolute Gasteiger partial charge is 0.305 e. The Balaban J connectivity index is 2.35. The number of methoxy groups -OCH3 is 2. The molecule has 0 radical (unpaired) electrons. The normalized spacial score (nSPS) is 11.2. The van der Waals surface area contributed by atoms with Crippen molar-refractivity contribution in [1.29, 1.82) is 5.26 Å². The van der Waals surface area contributed by atoms with Gasteiger partial charge in [0.1, 0.15) is 23.3 Å². The third kappa shape index (κ3) is 4.73. The van der Waals surface area contributed by atoms with Crippen molar-refractivity contribution >= 4 is 11.9 Å². The summed E-state index contributed by atoms with van der Waals surface area (Å²) in [4.78, 5) is 28.0. The van der Waals surface area contributed by atoms with Crippen molar-refractivity contribution in [3.05, 3.63) is 52.8 Å². The first kappa shape index (κ1) is 19.7. The summed E-state index contributed by atoms with van der Waals surface area (Å²) in [7, 11) is 2.95. The third-order valence-electron chi connectivity index (χ3n) is 3.94. The number of carbonyl (C=O) groups excluding carboxylic acids is 1. The van der Waals surface area contributed by atoms with Gasteiger partial charge in [-0.2, -0.15) is 5.26 Å². The summed E-state index contributed by atoms with van der Waals surface area (Å²) in [5.41, 5.74) is 1.38. The van der Waals surface area contributed by atoms with Crippen LogP contribution in [0.1, 0.15) is 39.8 Å². The van der Waals surface area contributed by atoms with E-state index in [0.29, 0.717) is 28.3 Å². The molecule has 8 heteroatoms. The minimum atomic E-state index is -1.08. The Morgan fingerprint density at radius 3 is 2.56 bits per heavy atom. The first-order valence-electron chi connectivity index (χ1n) is 8.02. The summed E-state index contributed by atoms with van der Waals surface area (Å²) in [5.74, 6) is -0.695. The van der Waals surface area contributed by atoms with E-state index in [0.717, 1.165) is 0 Å². The van der Waals surface area contributed by atoms with Crippen LogP contribution in [-0.2, 0) is 4.79 Å². The number of nitriles is 1. The second-order valence-electron chi connectivity index (χ2n) is 5.67. The molecule has 1 atom stereocenters. The average Bonchev–Trinajstić information content (AvgIpc) is 2.66. The van der Waals surface area contributed by atoms with Crippen LogP contribution in [0.15, 0.2) is 30.3 Å². The van der Waals surface area contributed by atoms with Gasteiger partial charge in [-0.15, -0.1) is 0 Å². The summed E-state index contributed by atoms with van der Waals surface area (Å²) in [6.07, 6.45) is -0.344. The molecule has 0 aliphatic rings. The Hall–Kier alpha value is -3.60. The lowest BCUT2D eigenvalue weighted by atomic mass is 10.0. The van der Waals surface area contributed by atoms with Crippen LogP contribution in [-0.4, -0.2) is 36.2 Å². The molecule has 1 unspecified atom stereocenters. The van der Waals surface area contributed by atoms with Crippen molar-refractivity contribution in [3.8, 4) is 17.6 Å². The lowest BCUT2D eigenvalue weighted by molar-refractivity contribution is -0.137. The van der Waals surface area contributed by atoms with E-state index in [-0.39, 0.29) is 12.1 Å². The molecule has 2 N–H and O–H groups in total. The number of benzene rings is 1. The molecule has 0 fully saturated rings. The van der Waals surface area contributed by atoms with Crippen LogP contribution < -0.4 is 14.8 Å². The van der Waals surface area contributed by atoms with Gasteiger partial charge >= 0.3 is 5.97 Å². The fourth-order valence-corrected chi connectivity index (χ4v) is 2.56. The quantitative estimate of drug-likeness (QED) is 0.767. The molecule has 0 bridgehead atoms. The number of aliphatic carboxylic acids is 1. The Labute approximate surface area is 156 Å². The topological polar surface area (TPSA) is 122 Å². The van der Waals surface area contributed by atoms with Crippen LogP contribution in [0.3, 0.4) is 0 Å². The lowest BCUT2D eigenvalue weighted by Crippen LogP contribution is -2.31. The van der Waals surface area contributed by atoms with E-state index < -0.39 is 17.9 Å². The summed E-state index contributed by atoms with van der Waals surface area (Å²) < 4.78 is 10.4. The molecule has 27 heavy (non-hydrogen) atoms. The fraction of sp³-hybridized carbons (Fsp3) is 0.263. The van der Waals surface area contributed by atoms with Gasteiger partial charge in [0.15, 0.2) is 0 Å². The van der Waals surface area contributed by atoms with E-state index in [1.807, 2.05) is 6.07 Å². The van der Waals surface area contributed by atoms with Crippen molar-refractivity contribution in [2.75, 3.05) is 14.2 Å². The molecule has 0 saturated heterocycles. The molecule has 1 amide bonds. The minimum absolute atomic E-state index is 0.0920. The fourth-order valence-electron chi connectivity index (χ4n) is 2.56. The highest BCUT2D eigenvalue weighted by molar-refractivity contribution is 5.93. The van der Waals surface area contributed by atoms with Gasteiger partial charge < -0.3 is 19.9 Å². The maximum Gasteiger partial charge on any atom is 0.305 e. The number of carboxylic acids is 1. The van der Waals surface area contributed by atoms with E-state index >= 15 is 0 Å². The zero-order valence-corrected chi connectivity index (χ0v) is 15.1. The van der Waals surface area contributed by atoms with Crippen LogP contribution in [0.25, 0.3) is 0 Å². The molecule has 8 nitrogen and oxygen atoms in total. The van der Waals surface area contributed by atoms with Crippen molar-refractivity contribution in [2.45, 2.75) is 19.4 Å². The number of hydrogen-bond donors (Lipinski definition) is 2. The predicted octanol–water partition coefficient (Wildman–Crippen LogP) is 2.22. The molecule has 1 aromatic carbocycles. The number of hydrogen-bond acceptors (Lipinski definition) is 6. The number of aromatic nitrogens is 1. The minimum Gasteiger partial charge on any atom is -0.497 e. The number of ether oxygens (including phenoxy) is 2. The molecule has 2 rings (SSSR count). The molecule has 0 spiro atoms. The molecular weight excluding hydrogens is 350 g/mol. The van der Waals surface area contributed by atoms with E-state index in [1.54, 1.807) is 25.1 Å². The van der Waals surface area contributed by atoms with Crippen LogP contribution in [0, 0.1) is 18.3 Å². The van der Waals surface area contributed by atoms with Crippen LogP contribution >= 0.6 is 0 Å². The monoisotopic (exact) mass is 369 g/mol. The van der Waals surface area contributed by atoms with E-state index in [2.05, 4.69) is 10.3 Å². The molecule has 2 aromatic rings. The SMILES string of the molecule is COc1ccc(C(CC(=O)O)NC(=O)c2ccc(C#N)c(C)n2)c(OC)c1. The summed E-state index contributed by atoms with van der Waals surface area (Å²) >= 11 is 0. The summed E-state index contributed by atoms with van der Waals surface area (Å²) in [6, 6.07) is 8.97. The molecule has 1 heterocycles. The third-order valence-corrected chi connectivity index (χ3v) is 3.94. The largest absolute Gasteiger partial charge is 0.497 e. The number of amides is 1. The van der Waals surface area contributed by atoms with Gasteiger partial charge in [-0.1, -0.05) is 0 Å². The number of pyridine rings is 1. The van der Waals surface area contributed by atoms with Gasteiger partial charge in [0.2, 0.25) is 0 Å². The van der Waals surface area contributed by atoms with Gasteiger partial charge in [-0.3, -0.25) is 9.59 Å². The average molecular weight is 369 g/mol. The van der Waals surface area contributed by atoms with Crippen molar-refractivity contribution in [3.63, 3.8) is 0 Å². The summed E-state index contributed by atoms with van der Waals surface area (Å²) in [5, 5.41) is 20.9. The second kappa shape index (κ2) is 8.67. The van der Waals surface area contributed by atoms with E-state index in [1.165, 1.54) is 26.4 Å². The Kier molecular flexibility index (Phi) is 6.33. The highest BCUT2D eigenvalue weighted by Gasteiger charge is 2.23. The maximum atomic E-state index is 12.6. The molecular formula is C19H19N3O5.